The van der Waals surface area contributed by atoms with E-state index in [9.17, 15) is 4.79 Å². The van der Waals surface area contributed by atoms with Crippen LogP contribution in [0.25, 0.3) is 0 Å². The van der Waals surface area contributed by atoms with Crippen molar-refractivity contribution in [2.24, 2.45) is 0 Å². The van der Waals surface area contributed by atoms with Crippen molar-refractivity contribution in [2.75, 3.05) is 12.4 Å². The van der Waals surface area contributed by atoms with Crippen molar-refractivity contribution >= 4 is 11.8 Å². The molecule has 2 aromatic rings. The average molecular weight is 257 g/mol. The van der Waals surface area contributed by atoms with Crippen LogP contribution in [-0.4, -0.2) is 13.2 Å². The third kappa shape index (κ3) is 4.03. The maximum Gasteiger partial charge on any atom is 0.411 e. The van der Waals surface area contributed by atoms with Crippen molar-refractivity contribution in [3.05, 3.63) is 60.2 Å². The highest BCUT2D eigenvalue weighted by Gasteiger charge is 2.03. The molecular formula is C15H15NO3. The van der Waals surface area contributed by atoms with Gasteiger partial charge in [0.05, 0.1) is 7.11 Å². The van der Waals surface area contributed by atoms with Gasteiger partial charge >= 0.3 is 6.09 Å². The van der Waals surface area contributed by atoms with Crippen LogP contribution in [-0.2, 0) is 11.3 Å². The van der Waals surface area contributed by atoms with Crippen LogP contribution < -0.4 is 10.1 Å². The monoisotopic (exact) mass is 257 g/mol. The Labute approximate surface area is 112 Å². The second kappa shape index (κ2) is 6.44. The molecule has 0 heterocycles. The van der Waals surface area contributed by atoms with E-state index in [-0.39, 0.29) is 6.61 Å². The Morgan fingerprint density at radius 2 is 1.89 bits per heavy atom. The molecule has 0 aliphatic carbocycles. The Kier molecular flexibility index (Phi) is 4.39. The standard InChI is InChI=1S/C15H15NO3/c1-18-14-9-5-6-12(10-14)11-19-15(17)16-13-7-3-2-4-8-13/h2-10H,11H2,1H3,(H,16,17). The number of carbonyl (C=O) groups is 1. The normalized spacial score (nSPS) is 9.74. The summed E-state index contributed by atoms with van der Waals surface area (Å²) in [6.07, 6.45) is -0.478. The topological polar surface area (TPSA) is 47.6 Å². The minimum Gasteiger partial charge on any atom is -0.497 e. The number of benzene rings is 2. The van der Waals surface area contributed by atoms with Gasteiger partial charge in [-0.05, 0) is 29.8 Å². The van der Waals surface area contributed by atoms with Crippen LogP contribution in [0.4, 0.5) is 10.5 Å². The SMILES string of the molecule is COc1cccc(COC(=O)Nc2ccccc2)c1. The van der Waals surface area contributed by atoms with Crippen LogP contribution in [0.2, 0.25) is 0 Å². The molecule has 19 heavy (non-hydrogen) atoms. The van der Waals surface area contributed by atoms with E-state index < -0.39 is 6.09 Å². The van der Waals surface area contributed by atoms with Gasteiger partial charge in [-0.1, -0.05) is 30.3 Å². The predicted octanol–water partition coefficient (Wildman–Crippen LogP) is 3.44. The smallest absolute Gasteiger partial charge is 0.411 e. The van der Waals surface area contributed by atoms with E-state index in [0.717, 1.165) is 11.3 Å². The van der Waals surface area contributed by atoms with Gasteiger partial charge < -0.3 is 9.47 Å². The Hall–Kier alpha value is -2.49. The van der Waals surface area contributed by atoms with E-state index >= 15 is 0 Å². The van der Waals surface area contributed by atoms with Crippen LogP contribution >= 0.6 is 0 Å². The average Bonchev–Trinajstić information content (AvgIpc) is 2.46. The van der Waals surface area contributed by atoms with Crippen molar-refractivity contribution in [1.82, 2.24) is 0 Å². The molecule has 2 rings (SSSR count). The van der Waals surface area contributed by atoms with Crippen LogP contribution in [0, 0.1) is 0 Å². The summed E-state index contributed by atoms with van der Waals surface area (Å²) in [7, 11) is 1.60. The molecule has 98 valence electrons. The number of nitrogens with one attached hydrogen (secondary N) is 1. The van der Waals surface area contributed by atoms with Gasteiger partial charge in [0.1, 0.15) is 12.4 Å². The number of carbonyl (C=O) groups excluding carboxylic acids is 1. The molecular weight excluding hydrogens is 242 g/mol. The summed E-state index contributed by atoms with van der Waals surface area (Å²) in [6.45, 7) is 0.204. The van der Waals surface area contributed by atoms with E-state index in [1.807, 2.05) is 42.5 Å². The second-order valence-corrected chi connectivity index (χ2v) is 3.92. The Balaban J connectivity index is 1.86. The molecule has 0 aliphatic rings. The molecule has 2 aromatic carbocycles. The van der Waals surface area contributed by atoms with Crippen LogP contribution in [0.3, 0.4) is 0 Å². The highest BCUT2D eigenvalue weighted by Crippen LogP contribution is 2.13. The van der Waals surface area contributed by atoms with Crippen LogP contribution in [0.15, 0.2) is 54.6 Å². The lowest BCUT2D eigenvalue weighted by molar-refractivity contribution is 0.155. The Morgan fingerprint density at radius 3 is 2.63 bits per heavy atom. The molecule has 4 nitrogen and oxygen atoms in total. The summed E-state index contributed by atoms with van der Waals surface area (Å²) in [5.74, 6) is 0.740. The lowest BCUT2D eigenvalue weighted by Crippen LogP contribution is -2.13. The van der Waals surface area contributed by atoms with E-state index in [1.165, 1.54) is 0 Å². The zero-order valence-corrected chi connectivity index (χ0v) is 10.6. The van der Waals surface area contributed by atoms with Gasteiger partial charge in [-0.3, -0.25) is 5.32 Å². The quantitative estimate of drug-likeness (QED) is 0.912. The number of rotatable bonds is 4. The first-order chi connectivity index (χ1) is 9.28. The summed E-state index contributed by atoms with van der Waals surface area (Å²) < 4.78 is 10.2. The molecule has 0 saturated heterocycles. The fourth-order valence-corrected chi connectivity index (χ4v) is 1.59. The minimum atomic E-state index is -0.478. The highest BCUT2D eigenvalue weighted by molar-refractivity contribution is 5.84. The van der Waals surface area contributed by atoms with Crippen molar-refractivity contribution in [1.29, 1.82) is 0 Å². The number of hydrogen-bond donors (Lipinski definition) is 1. The zero-order valence-electron chi connectivity index (χ0n) is 10.6. The summed E-state index contributed by atoms with van der Waals surface area (Å²) in [4.78, 5) is 11.6. The molecule has 0 radical (unpaired) electrons. The summed E-state index contributed by atoms with van der Waals surface area (Å²) in [5, 5.41) is 2.65. The molecule has 0 atom stereocenters. The van der Waals surface area contributed by atoms with Crippen molar-refractivity contribution in [2.45, 2.75) is 6.61 Å². The summed E-state index contributed by atoms with van der Waals surface area (Å²) in [5.41, 5.74) is 1.58. The molecule has 0 saturated carbocycles. The number of ether oxygens (including phenoxy) is 2. The molecule has 0 aromatic heterocycles. The van der Waals surface area contributed by atoms with Crippen LogP contribution in [0.1, 0.15) is 5.56 Å². The number of hydrogen-bond acceptors (Lipinski definition) is 3. The molecule has 0 aliphatic heterocycles. The fraction of sp³-hybridized carbons (Fsp3) is 0.133. The van der Waals surface area contributed by atoms with Gasteiger partial charge in [-0.25, -0.2) is 4.79 Å². The molecule has 1 amide bonds. The molecule has 0 bridgehead atoms. The highest BCUT2D eigenvalue weighted by atomic mass is 16.5. The number of amides is 1. The van der Waals surface area contributed by atoms with Gasteiger partial charge in [0, 0.05) is 5.69 Å². The van der Waals surface area contributed by atoms with Crippen LogP contribution in [0.5, 0.6) is 5.75 Å². The second-order valence-electron chi connectivity index (χ2n) is 3.92. The number of para-hydroxylation sites is 1. The third-order valence-corrected chi connectivity index (χ3v) is 2.52. The third-order valence-electron chi connectivity index (χ3n) is 2.52. The van der Waals surface area contributed by atoms with Gasteiger partial charge in [-0.15, -0.1) is 0 Å². The van der Waals surface area contributed by atoms with Gasteiger partial charge in [0.15, 0.2) is 0 Å². The molecule has 0 unspecified atom stereocenters. The first kappa shape index (κ1) is 13.0. The first-order valence-electron chi connectivity index (χ1n) is 5.89. The number of methoxy groups -OCH3 is 1. The maximum absolute atomic E-state index is 11.6. The lowest BCUT2D eigenvalue weighted by atomic mass is 10.2. The van der Waals surface area contributed by atoms with Crippen molar-refractivity contribution in [3.8, 4) is 5.75 Å². The Morgan fingerprint density at radius 1 is 1.11 bits per heavy atom. The molecule has 1 N–H and O–H groups in total. The fourth-order valence-electron chi connectivity index (χ4n) is 1.59. The van der Waals surface area contributed by atoms with Gasteiger partial charge in [-0.2, -0.15) is 0 Å². The van der Waals surface area contributed by atoms with Gasteiger partial charge in [0.25, 0.3) is 0 Å². The maximum atomic E-state index is 11.6. The van der Waals surface area contributed by atoms with E-state index in [4.69, 9.17) is 9.47 Å². The molecule has 4 heteroatoms. The number of anilines is 1. The van der Waals surface area contributed by atoms with Crippen molar-refractivity contribution in [3.63, 3.8) is 0 Å². The van der Waals surface area contributed by atoms with E-state index in [1.54, 1.807) is 19.2 Å². The van der Waals surface area contributed by atoms with E-state index in [2.05, 4.69) is 5.32 Å². The van der Waals surface area contributed by atoms with Gasteiger partial charge in [0.2, 0.25) is 0 Å². The zero-order chi connectivity index (χ0) is 13.5. The predicted molar refractivity (Wildman–Crippen MR) is 73.2 cm³/mol. The minimum absolute atomic E-state index is 0.204. The molecule has 0 fully saturated rings. The lowest BCUT2D eigenvalue weighted by Gasteiger charge is -2.07. The molecule has 0 spiro atoms. The van der Waals surface area contributed by atoms with Crippen molar-refractivity contribution < 1.29 is 14.3 Å². The van der Waals surface area contributed by atoms with E-state index in [0.29, 0.717) is 5.69 Å². The summed E-state index contributed by atoms with van der Waals surface area (Å²) >= 11 is 0. The largest absolute Gasteiger partial charge is 0.497 e. The first-order valence-corrected chi connectivity index (χ1v) is 5.89. The Bertz CT molecular complexity index is 540. The summed E-state index contributed by atoms with van der Waals surface area (Å²) in [6, 6.07) is 16.6.